The van der Waals surface area contributed by atoms with Crippen molar-refractivity contribution in [3.63, 3.8) is 0 Å². The first kappa shape index (κ1) is 12.1. The van der Waals surface area contributed by atoms with E-state index in [1.165, 1.54) is 24.6 Å². The van der Waals surface area contributed by atoms with Gasteiger partial charge in [-0.2, -0.15) is 0 Å². The van der Waals surface area contributed by atoms with Gasteiger partial charge in [0.1, 0.15) is 5.75 Å². The van der Waals surface area contributed by atoms with Crippen molar-refractivity contribution in [2.75, 3.05) is 13.7 Å². The fourth-order valence-corrected chi connectivity index (χ4v) is 1.92. The number of methoxy groups -OCH3 is 1. The number of rotatable bonds is 7. The van der Waals surface area contributed by atoms with E-state index in [-0.39, 0.29) is 6.04 Å². The molecular weight excluding hydrogens is 212 g/mol. The van der Waals surface area contributed by atoms with Crippen LogP contribution in [0, 0.1) is 11.3 Å². The average Bonchev–Trinajstić information content (AvgIpc) is 3.19. The van der Waals surface area contributed by atoms with Crippen molar-refractivity contribution in [2.24, 2.45) is 5.92 Å². The molecule has 1 aliphatic rings. The van der Waals surface area contributed by atoms with Crippen molar-refractivity contribution >= 4 is 6.21 Å². The Kier molecular flexibility index (Phi) is 4.15. The van der Waals surface area contributed by atoms with Crippen LogP contribution in [0.25, 0.3) is 0 Å². The van der Waals surface area contributed by atoms with E-state index in [4.69, 9.17) is 10.1 Å². The van der Waals surface area contributed by atoms with Crippen molar-refractivity contribution in [2.45, 2.75) is 25.3 Å². The molecule has 0 unspecified atom stereocenters. The average molecular weight is 232 g/mol. The summed E-state index contributed by atoms with van der Waals surface area (Å²) in [5.74, 6) is 1.74. The molecule has 0 radical (unpaired) electrons. The van der Waals surface area contributed by atoms with Crippen LogP contribution in [-0.4, -0.2) is 19.9 Å². The van der Waals surface area contributed by atoms with Gasteiger partial charge in [-0.05, 0) is 49.2 Å². The van der Waals surface area contributed by atoms with Crippen LogP contribution in [0.2, 0.25) is 0 Å². The lowest BCUT2D eigenvalue weighted by Gasteiger charge is -2.17. The van der Waals surface area contributed by atoms with E-state index in [0.717, 1.165) is 24.6 Å². The summed E-state index contributed by atoms with van der Waals surface area (Å²) in [6.07, 6.45) is 4.94. The monoisotopic (exact) mass is 232 g/mol. The van der Waals surface area contributed by atoms with Crippen molar-refractivity contribution in [1.29, 1.82) is 5.41 Å². The fourth-order valence-electron chi connectivity index (χ4n) is 1.92. The molecule has 0 spiro atoms. The molecule has 1 aromatic rings. The third kappa shape index (κ3) is 3.56. The van der Waals surface area contributed by atoms with E-state index >= 15 is 0 Å². The first-order valence-corrected chi connectivity index (χ1v) is 6.19. The summed E-state index contributed by atoms with van der Waals surface area (Å²) < 4.78 is 5.15. The molecule has 3 heteroatoms. The predicted octanol–water partition coefficient (Wildman–Crippen LogP) is 2.78. The minimum absolute atomic E-state index is 0.263. The van der Waals surface area contributed by atoms with Gasteiger partial charge < -0.3 is 15.5 Å². The number of hydrogen-bond donors (Lipinski definition) is 2. The van der Waals surface area contributed by atoms with Crippen molar-refractivity contribution in [3.8, 4) is 5.75 Å². The Labute approximate surface area is 103 Å². The normalized spacial score (nSPS) is 16.5. The summed E-state index contributed by atoms with van der Waals surface area (Å²) in [6, 6.07) is 8.37. The smallest absolute Gasteiger partial charge is 0.118 e. The number of hydrogen-bond acceptors (Lipinski definition) is 3. The molecule has 0 aromatic heterocycles. The molecular formula is C14H20N2O. The first-order chi connectivity index (χ1) is 8.33. The molecule has 3 nitrogen and oxygen atoms in total. The number of ether oxygens (including phenoxy) is 1. The highest BCUT2D eigenvalue weighted by Crippen LogP contribution is 2.29. The topological polar surface area (TPSA) is 45.1 Å². The maximum absolute atomic E-state index is 7.27. The standard InChI is InChI=1S/C14H20N2O/c1-17-13-6-4-12(5-7-13)14(8-9-15)16-10-11-2-3-11/h4-7,9,11,14-16H,2-3,8,10H2,1H3/t14-/m0/s1. The summed E-state index contributed by atoms with van der Waals surface area (Å²) in [5.41, 5.74) is 1.23. The van der Waals surface area contributed by atoms with Gasteiger partial charge >= 0.3 is 0 Å². The van der Waals surface area contributed by atoms with E-state index in [1.54, 1.807) is 7.11 Å². The van der Waals surface area contributed by atoms with Crippen LogP contribution < -0.4 is 10.1 Å². The molecule has 2 N–H and O–H groups in total. The van der Waals surface area contributed by atoms with Crippen LogP contribution in [0.15, 0.2) is 24.3 Å². The number of nitrogens with one attached hydrogen (secondary N) is 2. The quantitative estimate of drug-likeness (QED) is 0.710. The molecule has 1 aliphatic carbocycles. The summed E-state index contributed by atoms with van der Waals surface area (Å²) in [6.45, 7) is 1.07. The van der Waals surface area contributed by atoms with Crippen LogP contribution in [0.4, 0.5) is 0 Å². The Balaban J connectivity index is 1.98. The third-order valence-corrected chi connectivity index (χ3v) is 3.22. The SMILES string of the molecule is COc1ccc([C@H](CC=N)NCC2CC2)cc1. The highest BCUT2D eigenvalue weighted by atomic mass is 16.5. The zero-order chi connectivity index (χ0) is 12.1. The van der Waals surface area contributed by atoms with Gasteiger partial charge in [0.25, 0.3) is 0 Å². The largest absolute Gasteiger partial charge is 0.497 e. The molecule has 1 aromatic carbocycles. The van der Waals surface area contributed by atoms with Crippen LogP contribution in [0.1, 0.15) is 30.9 Å². The lowest BCUT2D eigenvalue weighted by molar-refractivity contribution is 0.414. The molecule has 0 heterocycles. The second-order valence-corrected chi connectivity index (χ2v) is 4.62. The van der Waals surface area contributed by atoms with Gasteiger partial charge in [0.15, 0.2) is 0 Å². The van der Waals surface area contributed by atoms with E-state index in [1.807, 2.05) is 12.1 Å². The zero-order valence-electron chi connectivity index (χ0n) is 10.3. The Morgan fingerprint density at radius 3 is 2.65 bits per heavy atom. The maximum Gasteiger partial charge on any atom is 0.118 e. The molecule has 1 fully saturated rings. The van der Waals surface area contributed by atoms with Gasteiger partial charge in [0.2, 0.25) is 0 Å². The summed E-state index contributed by atoms with van der Waals surface area (Å²) >= 11 is 0. The lowest BCUT2D eigenvalue weighted by atomic mass is 10.0. The highest BCUT2D eigenvalue weighted by molar-refractivity contribution is 5.54. The van der Waals surface area contributed by atoms with Gasteiger partial charge in [0, 0.05) is 12.5 Å². The predicted molar refractivity (Wildman–Crippen MR) is 69.9 cm³/mol. The maximum atomic E-state index is 7.27. The fraction of sp³-hybridized carbons (Fsp3) is 0.500. The van der Waals surface area contributed by atoms with Crippen molar-refractivity contribution in [3.05, 3.63) is 29.8 Å². The Morgan fingerprint density at radius 2 is 2.12 bits per heavy atom. The Hall–Kier alpha value is -1.35. The van der Waals surface area contributed by atoms with Gasteiger partial charge in [-0.3, -0.25) is 0 Å². The molecule has 1 atom stereocenters. The molecule has 92 valence electrons. The molecule has 0 aliphatic heterocycles. The first-order valence-electron chi connectivity index (χ1n) is 6.19. The minimum Gasteiger partial charge on any atom is -0.497 e. The summed E-state index contributed by atoms with van der Waals surface area (Å²) in [4.78, 5) is 0. The van der Waals surface area contributed by atoms with Crippen molar-refractivity contribution in [1.82, 2.24) is 5.32 Å². The van der Waals surface area contributed by atoms with Gasteiger partial charge in [0.05, 0.1) is 7.11 Å². The molecule has 0 saturated heterocycles. The van der Waals surface area contributed by atoms with E-state index in [2.05, 4.69) is 17.4 Å². The van der Waals surface area contributed by atoms with Gasteiger partial charge in [-0.15, -0.1) is 0 Å². The van der Waals surface area contributed by atoms with Crippen LogP contribution >= 0.6 is 0 Å². The molecule has 17 heavy (non-hydrogen) atoms. The van der Waals surface area contributed by atoms with Crippen LogP contribution in [-0.2, 0) is 0 Å². The molecule has 1 saturated carbocycles. The Morgan fingerprint density at radius 1 is 1.41 bits per heavy atom. The second-order valence-electron chi connectivity index (χ2n) is 4.62. The van der Waals surface area contributed by atoms with Crippen LogP contribution in [0.5, 0.6) is 5.75 Å². The van der Waals surface area contributed by atoms with Crippen molar-refractivity contribution < 1.29 is 4.74 Å². The third-order valence-electron chi connectivity index (χ3n) is 3.22. The lowest BCUT2D eigenvalue weighted by Crippen LogP contribution is -2.23. The van der Waals surface area contributed by atoms with E-state index < -0.39 is 0 Å². The summed E-state index contributed by atoms with van der Waals surface area (Å²) in [5, 5.41) is 10.8. The number of benzene rings is 1. The highest BCUT2D eigenvalue weighted by Gasteiger charge is 2.22. The summed E-state index contributed by atoms with van der Waals surface area (Å²) in [7, 11) is 1.68. The van der Waals surface area contributed by atoms with Crippen LogP contribution in [0.3, 0.4) is 0 Å². The van der Waals surface area contributed by atoms with E-state index in [0.29, 0.717) is 0 Å². The molecule has 0 amide bonds. The molecule has 0 bridgehead atoms. The second kappa shape index (κ2) is 5.82. The Bertz CT molecular complexity index is 357. The van der Waals surface area contributed by atoms with E-state index in [9.17, 15) is 0 Å². The van der Waals surface area contributed by atoms with Gasteiger partial charge in [-0.25, -0.2) is 0 Å². The molecule has 2 rings (SSSR count). The zero-order valence-corrected chi connectivity index (χ0v) is 10.3. The van der Waals surface area contributed by atoms with Gasteiger partial charge in [-0.1, -0.05) is 12.1 Å². The minimum atomic E-state index is 0.263.